The zero-order valence-corrected chi connectivity index (χ0v) is 12.9. The molecule has 22 heavy (non-hydrogen) atoms. The lowest BCUT2D eigenvalue weighted by atomic mass is 9.96. The van der Waals surface area contributed by atoms with Crippen LogP contribution in [0.25, 0.3) is 0 Å². The molecule has 2 aromatic rings. The van der Waals surface area contributed by atoms with Gasteiger partial charge in [-0.05, 0) is 36.8 Å². The lowest BCUT2D eigenvalue weighted by molar-refractivity contribution is -0.119. The molecule has 0 aliphatic heterocycles. The first-order chi connectivity index (χ1) is 10.5. The number of carbonyl (C=O) groups is 1. The summed E-state index contributed by atoms with van der Waals surface area (Å²) in [5.41, 5.74) is -0.694. The van der Waals surface area contributed by atoms with Crippen LogP contribution in [-0.4, -0.2) is 28.3 Å². The van der Waals surface area contributed by atoms with Crippen LogP contribution in [0.15, 0.2) is 53.7 Å². The number of pyridine rings is 1. The van der Waals surface area contributed by atoms with Crippen molar-refractivity contribution in [3.05, 3.63) is 60.2 Å². The van der Waals surface area contributed by atoms with Crippen LogP contribution in [0.5, 0.6) is 0 Å². The van der Waals surface area contributed by atoms with Crippen LogP contribution >= 0.6 is 11.8 Å². The van der Waals surface area contributed by atoms with Gasteiger partial charge in [0.1, 0.15) is 11.4 Å². The fourth-order valence-electron chi connectivity index (χ4n) is 1.82. The van der Waals surface area contributed by atoms with Crippen molar-refractivity contribution >= 4 is 17.7 Å². The van der Waals surface area contributed by atoms with Crippen molar-refractivity contribution < 1.29 is 14.3 Å². The maximum atomic E-state index is 12.9. The van der Waals surface area contributed by atoms with E-state index in [9.17, 15) is 14.3 Å². The monoisotopic (exact) mass is 320 g/mol. The highest BCUT2D eigenvalue weighted by Crippen LogP contribution is 2.20. The van der Waals surface area contributed by atoms with Gasteiger partial charge in [-0.2, -0.15) is 0 Å². The fourth-order valence-corrected chi connectivity index (χ4v) is 2.53. The van der Waals surface area contributed by atoms with E-state index in [-0.39, 0.29) is 24.0 Å². The highest BCUT2D eigenvalue weighted by atomic mass is 32.2. The average molecular weight is 320 g/mol. The Balaban J connectivity index is 1.83. The SMILES string of the molecule is CC(O)(CNC(=O)CSc1ccncc1)c1ccc(F)cc1. The summed E-state index contributed by atoms with van der Waals surface area (Å²) in [7, 11) is 0. The van der Waals surface area contributed by atoms with Crippen molar-refractivity contribution in [3.8, 4) is 0 Å². The van der Waals surface area contributed by atoms with Gasteiger partial charge in [-0.3, -0.25) is 9.78 Å². The minimum Gasteiger partial charge on any atom is -0.384 e. The van der Waals surface area contributed by atoms with Crippen LogP contribution in [0, 0.1) is 5.82 Å². The molecule has 1 unspecified atom stereocenters. The largest absolute Gasteiger partial charge is 0.384 e. The Hall–Kier alpha value is -1.92. The van der Waals surface area contributed by atoms with E-state index in [1.807, 2.05) is 12.1 Å². The van der Waals surface area contributed by atoms with Gasteiger partial charge in [0.25, 0.3) is 0 Å². The molecule has 2 rings (SSSR count). The van der Waals surface area contributed by atoms with Crippen LogP contribution in [0.4, 0.5) is 4.39 Å². The Morgan fingerprint density at radius 3 is 2.55 bits per heavy atom. The third kappa shape index (κ3) is 4.82. The van der Waals surface area contributed by atoms with Gasteiger partial charge in [-0.25, -0.2) is 4.39 Å². The molecule has 1 atom stereocenters. The number of aromatic nitrogens is 1. The number of halogens is 1. The van der Waals surface area contributed by atoms with E-state index in [4.69, 9.17) is 0 Å². The molecule has 0 aliphatic carbocycles. The van der Waals surface area contributed by atoms with E-state index in [0.717, 1.165) is 4.90 Å². The molecule has 0 saturated heterocycles. The minimum absolute atomic E-state index is 0.0639. The van der Waals surface area contributed by atoms with E-state index < -0.39 is 5.60 Å². The normalized spacial score (nSPS) is 13.4. The number of thioether (sulfide) groups is 1. The number of benzene rings is 1. The van der Waals surface area contributed by atoms with Gasteiger partial charge >= 0.3 is 0 Å². The maximum absolute atomic E-state index is 12.9. The molecular formula is C16H17FN2O2S. The fraction of sp³-hybridized carbons (Fsp3) is 0.250. The summed E-state index contributed by atoms with van der Waals surface area (Å²) in [5.74, 6) is -0.287. The van der Waals surface area contributed by atoms with E-state index >= 15 is 0 Å². The second-order valence-electron chi connectivity index (χ2n) is 5.03. The molecular weight excluding hydrogens is 303 g/mol. The smallest absolute Gasteiger partial charge is 0.230 e. The van der Waals surface area contributed by atoms with Crippen molar-refractivity contribution in [2.24, 2.45) is 0 Å². The number of carbonyl (C=O) groups excluding carboxylic acids is 1. The van der Waals surface area contributed by atoms with Gasteiger partial charge in [-0.1, -0.05) is 12.1 Å². The van der Waals surface area contributed by atoms with Crippen molar-refractivity contribution in [2.75, 3.05) is 12.3 Å². The van der Waals surface area contributed by atoms with Gasteiger partial charge in [0.2, 0.25) is 5.91 Å². The van der Waals surface area contributed by atoms with E-state index in [0.29, 0.717) is 5.56 Å². The molecule has 1 aromatic carbocycles. The minimum atomic E-state index is -1.25. The van der Waals surface area contributed by atoms with Crippen molar-refractivity contribution in [2.45, 2.75) is 17.4 Å². The molecule has 0 saturated carbocycles. The Bertz CT molecular complexity index is 618. The van der Waals surface area contributed by atoms with E-state index in [1.165, 1.54) is 36.0 Å². The maximum Gasteiger partial charge on any atom is 0.230 e. The molecule has 0 bridgehead atoms. The summed E-state index contributed by atoms with van der Waals surface area (Å²) in [5, 5.41) is 13.0. The number of nitrogens with one attached hydrogen (secondary N) is 1. The van der Waals surface area contributed by atoms with E-state index in [2.05, 4.69) is 10.3 Å². The Kier molecular flexibility index (Phi) is 5.51. The molecule has 6 heteroatoms. The average Bonchev–Trinajstić information content (AvgIpc) is 2.52. The van der Waals surface area contributed by atoms with Gasteiger partial charge in [0.15, 0.2) is 0 Å². The molecule has 1 aromatic heterocycles. The zero-order valence-electron chi connectivity index (χ0n) is 12.1. The predicted octanol–water partition coefficient (Wildman–Crippen LogP) is 2.34. The Morgan fingerprint density at radius 2 is 1.91 bits per heavy atom. The first-order valence-corrected chi connectivity index (χ1v) is 7.74. The molecule has 116 valence electrons. The summed E-state index contributed by atoms with van der Waals surface area (Å²) < 4.78 is 12.9. The summed E-state index contributed by atoms with van der Waals surface area (Å²) in [6.45, 7) is 1.64. The second-order valence-corrected chi connectivity index (χ2v) is 6.08. The van der Waals surface area contributed by atoms with Crippen LogP contribution in [0.2, 0.25) is 0 Å². The molecule has 4 nitrogen and oxygen atoms in total. The number of hydrogen-bond acceptors (Lipinski definition) is 4. The molecule has 0 fully saturated rings. The molecule has 0 spiro atoms. The number of rotatable bonds is 6. The number of amides is 1. The first-order valence-electron chi connectivity index (χ1n) is 6.75. The quantitative estimate of drug-likeness (QED) is 0.802. The van der Waals surface area contributed by atoms with Gasteiger partial charge in [0.05, 0.1) is 12.3 Å². The number of aliphatic hydroxyl groups is 1. The van der Waals surface area contributed by atoms with Gasteiger partial charge < -0.3 is 10.4 Å². The lowest BCUT2D eigenvalue weighted by Gasteiger charge is -2.24. The Labute approximate surface area is 132 Å². The molecule has 1 heterocycles. The number of hydrogen-bond donors (Lipinski definition) is 2. The van der Waals surface area contributed by atoms with Crippen molar-refractivity contribution in [1.29, 1.82) is 0 Å². The predicted molar refractivity (Wildman–Crippen MR) is 83.9 cm³/mol. The van der Waals surface area contributed by atoms with Crippen molar-refractivity contribution in [1.82, 2.24) is 10.3 Å². The van der Waals surface area contributed by atoms with Crippen LogP contribution in [0.3, 0.4) is 0 Å². The molecule has 1 amide bonds. The van der Waals surface area contributed by atoms with E-state index in [1.54, 1.807) is 19.3 Å². The van der Waals surface area contributed by atoms with Crippen LogP contribution < -0.4 is 5.32 Å². The molecule has 0 aliphatic rings. The third-order valence-electron chi connectivity index (χ3n) is 3.12. The third-order valence-corrected chi connectivity index (χ3v) is 4.13. The summed E-state index contributed by atoms with van der Waals surface area (Å²) >= 11 is 1.39. The highest BCUT2D eigenvalue weighted by molar-refractivity contribution is 8.00. The zero-order chi connectivity index (χ0) is 16.0. The number of nitrogens with zero attached hydrogens (tertiary/aromatic N) is 1. The molecule has 0 radical (unpaired) electrons. The lowest BCUT2D eigenvalue weighted by Crippen LogP contribution is -2.39. The molecule has 2 N–H and O–H groups in total. The highest BCUT2D eigenvalue weighted by Gasteiger charge is 2.23. The van der Waals surface area contributed by atoms with Crippen LogP contribution in [0.1, 0.15) is 12.5 Å². The van der Waals surface area contributed by atoms with Gasteiger partial charge in [-0.15, -0.1) is 11.8 Å². The summed E-state index contributed by atoms with van der Waals surface area (Å²) in [4.78, 5) is 16.7. The van der Waals surface area contributed by atoms with Crippen LogP contribution in [-0.2, 0) is 10.4 Å². The van der Waals surface area contributed by atoms with Crippen molar-refractivity contribution in [3.63, 3.8) is 0 Å². The second kappa shape index (κ2) is 7.38. The topological polar surface area (TPSA) is 62.2 Å². The standard InChI is InChI=1S/C16H17FN2O2S/c1-16(21,12-2-4-13(17)5-3-12)11-19-15(20)10-22-14-6-8-18-9-7-14/h2-9,21H,10-11H2,1H3,(H,19,20). The Morgan fingerprint density at radius 1 is 1.27 bits per heavy atom. The summed E-state index contributed by atoms with van der Waals surface area (Å²) in [6.07, 6.45) is 3.33. The first kappa shape index (κ1) is 16.5. The summed E-state index contributed by atoms with van der Waals surface area (Å²) in [6, 6.07) is 9.23. The van der Waals surface area contributed by atoms with Gasteiger partial charge in [0, 0.05) is 17.3 Å².